The molecule has 0 radical (unpaired) electrons. The number of nitrogens with one attached hydrogen (secondary N) is 2. The number of hydrogen-bond donors (Lipinski definition) is 4. The van der Waals surface area contributed by atoms with Crippen LogP contribution in [0.25, 0.3) is 0 Å². The quantitative estimate of drug-likeness (QED) is 0.218. The predicted octanol–water partition coefficient (Wildman–Crippen LogP) is 3.36. The molecule has 0 spiro atoms. The third kappa shape index (κ3) is 8.36. The molecule has 2 aromatic carbocycles. The first-order chi connectivity index (χ1) is 20.1. The van der Waals surface area contributed by atoms with E-state index in [1.807, 2.05) is 41.0 Å². The van der Waals surface area contributed by atoms with Crippen LogP contribution in [0, 0.1) is 5.82 Å². The number of cyclic esters (lactones) is 1. The average molecular weight is 601 g/mol. The van der Waals surface area contributed by atoms with Gasteiger partial charge in [-0.3, -0.25) is 14.5 Å². The number of piperazine rings is 1. The molecule has 10 nitrogen and oxygen atoms in total. The van der Waals surface area contributed by atoms with Crippen molar-refractivity contribution < 1.29 is 23.5 Å². The number of rotatable bonds is 12. The van der Waals surface area contributed by atoms with Crippen LogP contribution in [0.1, 0.15) is 38.7 Å². The summed E-state index contributed by atoms with van der Waals surface area (Å²) >= 11 is 4.40. The zero-order chi connectivity index (χ0) is 30.2. The van der Waals surface area contributed by atoms with Crippen LogP contribution in [0.2, 0.25) is 0 Å². The molecule has 2 aromatic rings. The number of ether oxygens (including phenoxy) is 1. The zero-order valence-corrected chi connectivity index (χ0v) is 25.1. The van der Waals surface area contributed by atoms with Crippen molar-refractivity contribution >= 4 is 47.6 Å². The molecule has 0 bridgehead atoms. The third-order valence-electron chi connectivity index (χ3n) is 7.55. The molecule has 0 saturated carbocycles. The Balaban J connectivity index is 1.21. The molecule has 2 aliphatic heterocycles. The fraction of sp³-hybridized carbons (Fsp3) is 0.500. The van der Waals surface area contributed by atoms with Gasteiger partial charge in [0, 0.05) is 44.8 Å². The molecule has 1 unspecified atom stereocenters. The first-order valence-corrected chi connectivity index (χ1v) is 15.0. The molecule has 4 rings (SSSR count). The van der Waals surface area contributed by atoms with Gasteiger partial charge < -0.3 is 30.9 Å². The van der Waals surface area contributed by atoms with E-state index in [-0.39, 0.29) is 23.3 Å². The largest absolute Gasteiger partial charge is 0.443 e. The van der Waals surface area contributed by atoms with Gasteiger partial charge in [0.15, 0.2) is 0 Å². The molecule has 3 atom stereocenters. The fourth-order valence-corrected chi connectivity index (χ4v) is 5.09. The molecule has 228 valence electrons. The number of halogens is 1. The van der Waals surface area contributed by atoms with Gasteiger partial charge in [0.05, 0.1) is 29.3 Å². The first-order valence-electron chi connectivity index (χ1n) is 14.5. The highest BCUT2D eigenvalue weighted by atomic mass is 32.1. The van der Waals surface area contributed by atoms with E-state index in [2.05, 4.69) is 23.3 Å². The maximum Gasteiger partial charge on any atom is 0.414 e. The molecule has 3 amide bonds. The van der Waals surface area contributed by atoms with Gasteiger partial charge in [0.25, 0.3) is 0 Å². The highest BCUT2D eigenvalue weighted by Crippen LogP contribution is 2.29. The van der Waals surface area contributed by atoms with Crippen LogP contribution in [0.3, 0.4) is 0 Å². The third-order valence-corrected chi connectivity index (χ3v) is 8.10. The zero-order valence-electron chi connectivity index (χ0n) is 24.2. The van der Waals surface area contributed by atoms with Crippen LogP contribution in [-0.4, -0.2) is 79.6 Å². The minimum atomic E-state index is -0.576. The van der Waals surface area contributed by atoms with Gasteiger partial charge in [-0.15, -0.1) is 0 Å². The Morgan fingerprint density at radius 1 is 1.14 bits per heavy atom. The van der Waals surface area contributed by atoms with Gasteiger partial charge >= 0.3 is 6.09 Å². The number of carbonyl (C=O) groups is 3. The van der Waals surface area contributed by atoms with E-state index >= 15 is 4.39 Å². The predicted molar refractivity (Wildman–Crippen MR) is 166 cm³/mol. The molecular weight excluding hydrogens is 559 g/mol. The normalized spacial score (nSPS) is 18.5. The number of hydrogen-bond acceptors (Lipinski definition) is 8. The molecule has 2 saturated heterocycles. The van der Waals surface area contributed by atoms with Crippen LogP contribution >= 0.6 is 12.6 Å². The maximum atomic E-state index is 15.2. The van der Waals surface area contributed by atoms with Gasteiger partial charge in [-0.1, -0.05) is 19.1 Å². The second kappa shape index (κ2) is 14.7. The average Bonchev–Trinajstić information content (AvgIpc) is 3.36. The van der Waals surface area contributed by atoms with Gasteiger partial charge in [-0.2, -0.15) is 12.6 Å². The molecular formula is C30H41FN6O4S. The molecule has 2 fully saturated rings. The van der Waals surface area contributed by atoms with E-state index in [0.717, 1.165) is 18.4 Å². The SMILES string of the molecule is CCC(S)NC[C@@H]1CN(c2ccc(N3CCN(C(=O)CCCc4ccc(NC(=O)[C@H](C)N)cc4)CC3)c(F)c2)C(=O)O1. The Morgan fingerprint density at radius 2 is 1.86 bits per heavy atom. The van der Waals surface area contributed by atoms with Gasteiger partial charge in [0.2, 0.25) is 11.8 Å². The van der Waals surface area contributed by atoms with Crippen LogP contribution in [0.5, 0.6) is 0 Å². The summed E-state index contributed by atoms with van der Waals surface area (Å²) in [5.74, 6) is -0.559. The van der Waals surface area contributed by atoms with Crippen molar-refractivity contribution in [1.29, 1.82) is 0 Å². The Hall–Kier alpha value is -3.35. The lowest BCUT2D eigenvalue weighted by Gasteiger charge is -2.36. The van der Waals surface area contributed by atoms with Crippen LogP contribution in [0.4, 0.5) is 26.2 Å². The van der Waals surface area contributed by atoms with Crippen molar-refractivity contribution in [3.8, 4) is 0 Å². The molecule has 42 heavy (non-hydrogen) atoms. The number of anilines is 3. The van der Waals surface area contributed by atoms with E-state index in [4.69, 9.17) is 10.5 Å². The summed E-state index contributed by atoms with van der Waals surface area (Å²) in [6, 6.07) is 11.8. The lowest BCUT2D eigenvalue weighted by Crippen LogP contribution is -2.49. The summed E-state index contributed by atoms with van der Waals surface area (Å²) in [6.07, 6.45) is 1.92. The van der Waals surface area contributed by atoms with Crippen LogP contribution < -0.4 is 26.2 Å². The molecule has 0 aliphatic carbocycles. The summed E-state index contributed by atoms with van der Waals surface area (Å²) in [4.78, 5) is 42.1. The Labute approximate surface area is 252 Å². The molecule has 0 aromatic heterocycles. The van der Waals surface area contributed by atoms with Crippen molar-refractivity contribution in [2.45, 2.75) is 57.1 Å². The first kappa shape index (κ1) is 31.6. The number of benzene rings is 2. The minimum absolute atomic E-state index is 0.0251. The highest BCUT2D eigenvalue weighted by Gasteiger charge is 2.33. The lowest BCUT2D eigenvalue weighted by atomic mass is 10.1. The Morgan fingerprint density at radius 3 is 2.50 bits per heavy atom. The van der Waals surface area contributed by atoms with E-state index < -0.39 is 18.0 Å². The highest BCUT2D eigenvalue weighted by molar-refractivity contribution is 7.80. The number of amides is 3. The number of nitrogens with zero attached hydrogens (tertiary/aromatic N) is 3. The number of thiol groups is 1. The molecule has 2 aliphatic rings. The van der Waals surface area contributed by atoms with Crippen molar-refractivity contribution in [3.63, 3.8) is 0 Å². The van der Waals surface area contributed by atoms with Gasteiger partial charge in [-0.25, -0.2) is 9.18 Å². The smallest absolute Gasteiger partial charge is 0.414 e. The summed E-state index contributed by atoms with van der Waals surface area (Å²) in [7, 11) is 0. The maximum absolute atomic E-state index is 15.2. The monoisotopic (exact) mass is 600 g/mol. The second-order valence-corrected chi connectivity index (χ2v) is 11.4. The topological polar surface area (TPSA) is 120 Å². The van der Waals surface area contributed by atoms with E-state index in [9.17, 15) is 14.4 Å². The molecule has 12 heteroatoms. The summed E-state index contributed by atoms with van der Waals surface area (Å²) in [6.45, 7) is 6.56. The van der Waals surface area contributed by atoms with Crippen molar-refractivity contribution in [3.05, 3.63) is 53.8 Å². The van der Waals surface area contributed by atoms with Crippen molar-refractivity contribution in [1.82, 2.24) is 10.2 Å². The van der Waals surface area contributed by atoms with Crippen LogP contribution in [0.15, 0.2) is 42.5 Å². The summed E-state index contributed by atoms with van der Waals surface area (Å²) in [5, 5.41) is 5.99. The Kier molecular flexibility index (Phi) is 11.1. The summed E-state index contributed by atoms with van der Waals surface area (Å²) in [5.41, 5.74) is 8.27. The van der Waals surface area contributed by atoms with E-state index in [1.54, 1.807) is 19.1 Å². The number of aryl methyl sites for hydroxylation is 1. The van der Waals surface area contributed by atoms with Crippen LogP contribution in [-0.2, 0) is 20.7 Å². The second-order valence-electron chi connectivity index (χ2n) is 10.8. The van der Waals surface area contributed by atoms with Gasteiger partial charge in [0.1, 0.15) is 11.9 Å². The van der Waals surface area contributed by atoms with Crippen molar-refractivity contribution in [2.24, 2.45) is 5.73 Å². The van der Waals surface area contributed by atoms with Gasteiger partial charge in [-0.05, 0) is 62.1 Å². The minimum Gasteiger partial charge on any atom is -0.443 e. The molecule has 4 N–H and O–H groups in total. The molecule has 2 heterocycles. The number of nitrogens with two attached hydrogens (primary N) is 1. The standard InChI is InChI=1S/C30H41FN6O4S/c1-3-27(42)33-18-24-19-37(30(40)41-24)23-11-12-26(25(31)17-23)35-13-15-36(16-14-35)28(38)6-4-5-21-7-9-22(10-8-21)34-29(39)20(2)32/h7-12,17,20,24,27,33,42H,3-6,13-16,18-19,32H2,1-2H3,(H,34,39)/t20-,24+,27?/m0/s1. The Bertz CT molecular complexity index is 1240. The summed E-state index contributed by atoms with van der Waals surface area (Å²) < 4.78 is 20.6. The lowest BCUT2D eigenvalue weighted by molar-refractivity contribution is -0.131. The fourth-order valence-electron chi connectivity index (χ4n) is 4.98. The van der Waals surface area contributed by atoms with E-state index in [0.29, 0.717) is 69.2 Å². The number of carbonyl (C=O) groups excluding carboxylic acids is 3. The van der Waals surface area contributed by atoms with E-state index in [1.165, 1.54) is 11.0 Å². The van der Waals surface area contributed by atoms with Crippen molar-refractivity contribution in [2.75, 3.05) is 54.4 Å².